The number of pyridine rings is 1. The summed E-state index contributed by atoms with van der Waals surface area (Å²) in [5.74, 6) is 1.32. The molecule has 10 heteroatoms. The van der Waals surface area contributed by atoms with Gasteiger partial charge in [-0.25, -0.2) is 4.98 Å². The van der Waals surface area contributed by atoms with E-state index < -0.39 is 17.2 Å². The van der Waals surface area contributed by atoms with Crippen molar-refractivity contribution < 1.29 is 27.9 Å². The summed E-state index contributed by atoms with van der Waals surface area (Å²) in [5, 5.41) is 12.7. The molecule has 4 aliphatic carbocycles. The molecular weight excluding hydrogens is 461 g/mol. The second-order valence-corrected chi connectivity index (χ2v) is 11.3. The van der Waals surface area contributed by atoms with Crippen molar-refractivity contribution >= 4 is 11.7 Å². The summed E-state index contributed by atoms with van der Waals surface area (Å²) in [7, 11) is 0. The number of aromatic nitrogens is 1. The van der Waals surface area contributed by atoms with Gasteiger partial charge >= 0.3 is 6.18 Å². The van der Waals surface area contributed by atoms with Crippen molar-refractivity contribution in [3.63, 3.8) is 0 Å². The topological polar surface area (TPSA) is 101 Å². The predicted molar refractivity (Wildman–Crippen MR) is 121 cm³/mol. The molecule has 5 aliphatic rings. The molecule has 0 spiro atoms. The highest BCUT2D eigenvalue weighted by Crippen LogP contribution is 2.61. The first-order chi connectivity index (χ1) is 16.4. The maximum Gasteiger partial charge on any atom is 0.417 e. The van der Waals surface area contributed by atoms with Gasteiger partial charge in [-0.3, -0.25) is 4.79 Å². The Morgan fingerprint density at radius 3 is 2.51 bits per heavy atom. The maximum atomic E-state index is 13.7. The monoisotopic (exact) mass is 492 g/mol. The summed E-state index contributed by atoms with van der Waals surface area (Å²) in [6.45, 7) is 3.90. The molecular formula is C25H31F3N4O3. The van der Waals surface area contributed by atoms with Crippen LogP contribution in [0.2, 0.25) is 0 Å². The number of hydrogen-bond donors (Lipinski definition) is 2. The number of ether oxygens (including phenoxy) is 1. The van der Waals surface area contributed by atoms with Gasteiger partial charge in [-0.2, -0.15) is 13.2 Å². The van der Waals surface area contributed by atoms with Crippen molar-refractivity contribution in [2.75, 3.05) is 6.61 Å². The lowest BCUT2D eigenvalue weighted by Gasteiger charge is -2.61. The number of halogens is 3. The van der Waals surface area contributed by atoms with E-state index in [2.05, 4.69) is 10.1 Å². The first-order valence-corrected chi connectivity index (χ1v) is 12.1. The summed E-state index contributed by atoms with van der Waals surface area (Å²) < 4.78 is 44.0. The van der Waals surface area contributed by atoms with Gasteiger partial charge in [-0.05, 0) is 55.9 Å². The molecule has 0 aromatic carbocycles. The van der Waals surface area contributed by atoms with Crippen molar-refractivity contribution in [2.24, 2.45) is 45.4 Å². The van der Waals surface area contributed by atoms with Crippen LogP contribution < -0.4 is 10.5 Å². The molecule has 35 heavy (non-hydrogen) atoms. The Labute approximate surface area is 202 Å². The lowest BCUT2D eigenvalue weighted by Crippen LogP contribution is -2.64. The average Bonchev–Trinajstić information content (AvgIpc) is 2.79. The van der Waals surface area contributed by atoms with E-state index >= 15 is 0 Å². The molecule has 1 amide bonds. The Bertz CT molecular complexity index is 1040. The van der Waals surface area contributed by atoms with Gasteiger partial charge in [0, 0.05) is 35.8 Å². The van der Waals surface area contributed by atoms with Gasteiger partial charge in [0.15, 0.2) is 0 Å². The first-order valence-electron chi connectivity index (χ1n) is 12.1. The lowest BCUT2D eigenvalue weighted by atomic mass is 9.47. The fraction of sp³-hybridized carbons (Fsp3) is 0.640. The number of carbonyl (C=O) groups is 1. The van der Waals surface area contributed by atoms with Gasteiger partial charge in [-0.15, -0.1) is 0 Å². The minimum atomic E-state index is -4.45. The van der Waals surface area contributed by atoms with Crippen molar-refractivity contribution in [2.45, 2.75) is 58.2 Å². The van der Waals surface area contributed by atoms with Crippen LogP contribution in [0.3, 0.4) is 0 Å². The molecule has 3 atom stereocenters. The summed E-state index contributed by atoms with van der Waals surface area (Å²) in [5.41, 5.74) is 4.28. The Morgan fingerprint density at radius 1 is 1.26 bits per heavy atom. The first kappa shape index (κ1) is 23.9. The smallest absolute Gasteiger partial charge is 0.417 e. The number of nitrogens with two attached hydrogens (primary N) is 1. The normalized spacial score (nSPS) is 36.0. The summed E-state index contributed by atoms with van der Waals surface area (Å²) in [4.78, 5) is 19.4. The summed E-state index contributed by atoms with van der Waals surface area (Å²) in [6.07, 6.45) is 4.82. The Morgan fingerprint density at radius 2 is 1.94 bits per heavy atom. The molecule has 0 saturated heterocycles. The summed E-state index contributed by atoms with van der Waals surface area (Å²) >= 11 is 0. The molecule has 6 rings (SSSR count). The average molecular weight is 493 g/mol. The van der Waals surface area contributed by atoms with E-state index in [-0.39, 0.29) is 35.8 Å². The van der Waals surface area contributed by atoms with Gasteiger partial charge in [0.05, 0.1) is 17.6 Å². The van der Waals surface area contributed by atoms with Crippen LogP contribution in [0.4, 0.5) is 13.2 Å². The second-order valence-electron chi connectivity index (χ2n) is 11.3. The largest absolute Gasteiger partial charge is 0.477 e. The minimum absolute atomic E-state index is 0.0179. The number of carbonyl (C=O) groups excluding carboxylic acids is 1. The fourth-order valence-corrected chi connectivity index (χ4v) is 7.17. The third kappa shape index (κ3) is 3.94. The van der Waals surface area contributed by atoms with Crippen LogP contribution in [0.15, 0.2) is 35.8 Å². The molecule has 3 unspecified atom stereocenters. The van der Waals surface area contributed by atoms with E-state index in [1.807, 2.05) is 31.0 Å². The summed E-state index contributed by atoms with van der Waals surface area (Å²) in [6, 6.07) is 2.22. The minimum Gasteiger partial charge on any atom is -0.477 e. The predicted octanol–water partition coefficient (Wildman–Crippen LogP) is 4.42. The highest BCUT2D eigenvalue weighted by Gasteiger charge is 2.60. The molecule has 3 N–H and O–H groups in total. The lowest BCUT2D eigenvalue weighted by molar-refractivity contribution is -0.154. The Kier molecular flexibility index (Phi) is 5.56. The van der Waals surface area contributed by atoms with Crippen molar-refractivity contribution in [1.29, 1.82) is 0 Å². The standard InChI is InChI=1S/C25H31F3N4O3/c1-23(2)18(13-35-19-4-3-17(12-30-19)25(26,27)28)5-6-32(22(23)33)20-15-7-14-8-16(20)11-24(9-14,10-15)21(29)31-34/h3-6,12,14-16,18,20,34H,7-11,13H2,1-2H3,(H2,29,31). The molecule has 1 aromatic rings. The second kappa shape index (κ2) is 8.13. The van der Waals surface area contributed by atoms with Crippen LogP contribution >= 0.6 is 0 Å². The molecule has 4 fully saturated rings. The molecule has 0 radical (unpaired) electrons. The number of alkyl halides is 3. The third-order valence-electron chi connectivity index (χ3n) is 8.86. The van der Waals surface area contributed by atoms with Gasteiger partial charge in [0.2, 0.25) is 11.8 Å². The van der Waals surface area contributed by atoms with Gasteiger partial charge in [0.25, 0.3) is 0 Å². The number of oxime groups is 1. The molecule has 1 aromatic heterocycles. The number of hydrogen-bond acceptors (Lipinski definition) is 5. The van der Waals surface area contributed by atoms with E-state index in [0.717, 1.165) is 44.4 Å². The van der Waals surface area contributed by atoms with Crippen LogP contribution in [-0.4, -0.2) is 39.5 Å². The quantitative estimate of drug-likeness (QED) is 0.274. The molecule has 4 saturated carbocycles. The van der Waals surface area contributed by atoms with Crippen molar-refractivity contribution in [3.05, 3.63) is 36.2 Å². The zero-order valence-electron chi connectivity index (χ0n) is 19.8. The number of amidine groups is 1. The number of amides is 1. The molecule has 190 valence electrons. The van der Waals surface area contributed by atoms with Crippen molar-refractivity contribution in [1.82, 2.24) is 9.88 Å². The number of nitrogens with zero attached hydrogens (tertiary/aromatic N) is 3. The van der Waals surface area contributed by atoms with Crippen LogP contribution in [0.5, 0.6) is 5.88 Å². The van der Waals surface area contributed by atoms with Crippen LogP contribution in [0.25, 0.3) is 0 Å². The van der Waals surface area contributed by atoms with Crippen molar-refractivity contribution in [3.8, 4) is 5.88 Å². The molecule has 7 nitrogen and oxygen atoms in total. The van der Waals surface area contributed by atoms with Crippen LogP contribution in [0, 0.1) is 34.5 Å². The number of rotatable bonds is 5. The van der Waals surface area contributed by atoms with E-state index in [0.29, 0.717) is 23.6 Å². The SMILES string of the molecule is CC1(C)C(=O)N(C2C3CC4CC2CC(/C(N)=N\O)(C4)C3)C=CC1COc1ccc(C(F)(F)F)cn1. The zero-order valence-corrected chi connectivity index (χ0v) is 19.8. The highest BCUT2D eigenvalue weighted by molar-refractivity contribution is 5.87. The van der Waals surface area contributed by atoms with E-state index in [4.69, 9.17) is 10.5 Å². The van der Waals surface area contributed by atoms with Gasteiger partial charge < -0.3 is 20.6 Å². The molecule has 1 aliphatic heterocycles. The molecule has 2 heterocycles. The van der Waals surface area contributed by atoms with Crippen LogP contribution in [0.1, 0.15) is 51.5 Å². The van der Waals surface area contributed by atoms with E-state index in [1.54, 1.807) is 0 Å². The van der Waals surface area contributed by atoms with E-state index in [9.17, 15) is 23.2 Å². The third-order valence-corrected chi connectivity index (χ3v) is 8.86. The zero-order chi connectivity index (χ0) is 25.2. The van der Waals surface area contributed by atoms with Gasteiger partial charge in [0.1, 0.15) is 5.84 Å². The van der Waals surface area contributed by atoms with Crippen LogP contribution in [-0.2, 0) is 11.0 Å². The molecule has 4 bridgehead atoms. The van der Waals surface area contributed by atoms with E-state index in [1.165, 1.54) is 6.07 Å². The highest BCUT2D eigenvalue weighted by atomic mass is 19.4. The Balaban J connectivity index is 1.30. The van der Waals surface area contributed by atoms with Gasteiger partial charge in [-0.1, -0.05) is 25.1 Å². The Hall–Kier alpha value is -2.78. The maximum absolute atomic E-state index is 13.7. The fourth-order valence-electron chi connectivity index (χ4n) is 7.17.